The van der Waals surface area contributed by atoms with Gasteiger partial charge in [0.2, 0.25) is 5.91 Å². The highest BCUT2D eigenvalue weighted by Gasteiger charge is 2.36. The number of nitrogens with zero attached hydrogens (tertiary/aromatic N) is 1. The molecule has 3 nitrogen and oxygen atoms in total. The van der Waals surface area contributed by atoms with Crippen LogP contribution in [0.2, 0.25) is 0 Å². The molecule has 1 aromatic rings. The predicted molar refractivity (Wildman–Crippen MR) is 85.9 cm³/mol. The van der Waals surface area contributed by atoms with E-state index in [0.29, 0.717) is 11.9 Å². The van der Waals surface area contributed by atoms with Crippen LogP contribution < -0.4 is 5.32 Å². The lowest BCUT2D eigenvalue weighted by molar-refractivity contribution is -0.136. The van der Waals surface area contributed by atoms with E-state index in [2.05, 4.69) is 38.3 Å². The number of rotatable bonds is 4. The van der Waals surface area contributed by atoms with E-state index in [1.165, 1.54) is 18.4 Å². The third-order valence-corrected chi connectivity index (χ3v) is 4.42. The van der Waals surface area contributed by atoms with Crippen LogP contribution in [0.25, 0.3) is 0 Å². The molecule has 1 saturated heterocycles. The third-order valence-electron chi connectivity index (χ3n) is 3.92. The van der Waals surface area contributed by atoms with Crippen LogP contribution in [-0.2, 0) is 11.3 Å². The van der Waals surface area contributed by atoms with Crippen LogP contribution in [0.3, 0.4) is 0 Å². The zero-order valence-electron chi connectivity index (χ0n) is 11.3. The van der Waals surface area contributed by atoms with Crippen molar-refractivity contribution in [2.24, 2.45) is 5.92 Å². The Hall–Kier alpha value is -0.580. The molecule has 5 heteroatoms. The Morgan fingerprint density at radius 2 is 2.15 bits per heavy atom. The van der Waals surface area contributed by atoms with Crippen molar-refractivity contribution in [1.29, 1.82) is 0 Å². The van der Waals surface area contributed by atoms with Gasteiger partial charge in [0.1, 0.15) is 0 Å². The maximum absolute atomic E-state index is 12.6. The molecule has 0 radical (unpaired) electrons. The highest BCUT2D eigenvalue weighted by atomic mass is 79.9. The number of benzene rings is 1. The fourth-order valence-corrected chi connectivity index (χ4v) is 3.15. The smallest absolute Gasteiger partial charge is 0.227 e. The third kappa shape index (κ3) is 3.74. The molecule has 1 aliphatic carbocycles. The van der Waals surface area contributed by atoms with E-state index in [0.717, 1.165) is 30.5 Å². The molecule has 1 heterocycles. The summed E-state index contributed by atoms with van der Waals surface area (Å²) in [6, 6.07) is 8.74. The van der Waals surface area contributed by atoms with Gasteiger partial charge in [-0.25, -0.2) is 0 Å². The molecule has 1 aliphatic heterocycles. The molecule has 1 atom stereocenters. The van der Waals surface area contributed by atoms with Gasteiger partial charge in [0, 0.05) is 23.6 Å². The van der Waals surface area contributed by atoms with E-state index in [-0.39, 0.29) is 18.3 Å². The first-order valence-electron chi connectivity index (χ1n) is 6.99. The summed E-state index contributed by atoms with van der Waals surface area (Å²) < 4.78 is 1.08. The zero-order valence-corrected chi connectivity index (χ0v) is 13.8. The first-order chi connectivity index (χ1) is 9.24. The van der Waals surface area contributed by atoms with Gasteiger partial charge in [0.05, 0.1) is 5.92 Å². The summed E-state index contributed by atoms with van der Waals surface area (Å²) in [7, 11) is 0. The van der Waals surface area contributed by atoms with Crippen LogP contribution in [0.5, 0.6) is 0 Å². The van der Waals surface area contributed by atoms with Gasteiger partial charge in [0.15, 0.2) is 0 Å². The Balaban J connectivity index is 0.00000147. The SMILES string of the molecule is Cl.O=C(C1CCNC1)N(Cc1cccc(Br)c1)C1CC1. The van der Waals surface area contributed by atoms with E-state index in [1.807, 2.05) is 12.1 Å². The lowest BCUT2D eigenvalue weighted by Gasteiger charge is -2.25. The lowest BCUT2D eigenvalue weighted by atomic mass is 10.1. The molecular formula is C15H20BrClN2O. The van der Waals surface area contributed by atoms with E-state index in [9.17, 15) is 4.79 Å². The van der Waals surface area contributed by atoms with Gasteiger partial charge >= 0.3 is 0 Å². The molecule has 1 aromatic carbocycles. The van der Waals surface area contributed by atoms with Crippen molar-refractivity contribution in [3.63, 3.8) is 0 Å². The van der Waals surface area contributed by atoms with Gasteiger partial charge in [-0.05, 0) is 43.5 Å². The fourth-order valence-electron chi connectivity index (χ4n) is 2.71. The van der Waals surface area contributed by atoms with Crippen molar-refractivity contribution in [3.8, 4) is 0 Å². The zero-order chi connectivity index (χ0) is 13.2. The van der Waals surface area contributed by atoms with E-state index in [1.54, 1.807) is 0 Å². The molecule has 2 fully saturated rings. The van der Waals surface area contributed by atoms with E-state index in [4.69, 9.17) is 0 Å². The number of hydrogen-bond acceptors (Lipinski definition) is 2. The number of halogens is 2. The highest BCUT2D eigenvalue weighted by molar-refractivity contribution is 9.10. The van der Waals surface area contributed by atoms with Crippen LogP contribution in [0.4, 0.5) is 0 Å². The molecule has 1 N–H and O–H groups in total. The lowest BCUT2D eigenvalue weighted by Crippen LogP contribution is -2.38. The molecule has 110 valence electrons. The monoisotopic (exact) mass is 358 g/mol. The van der Waals surface area contributed by atoms with Gasteiger partial charge in [0.25, 0.3) is 0 Å². The van der Waals surface area contributed by atoms with Crippen molar-refractivity contribution in [1.82, 2.24) is 10.2 Å². The number of carbonyl (C=O) groups excluding carboxylic acids is 1. The van der Waals surface area contributed by atoms with Gasteiger partial charge in [-0.3, -0.25) is 4.79 Å². The normalized spacial score (nSPS) is 21.4. The minimum atomic E-state index is 0. The predicted octanol–water partition coefficient (Wildman–Crippen LogP) is 2.97. The van der Waals surface area contributed by atoms with Crippen molar-refractivity contribution < 1.29 is 4.79 Å². The number of carbonyl (C=O) groups is 1. The molecule has 0 aromatic heterocycles. The largest absolute Gasteiger partial charge is 0.335 e. The van der Waals surface area contributed by atoms with Gasteiger partial charge in [-0.15, -0.1) is 12.4 Å². The Morgan fingerprint density at radius 3 is 2.75 bits per heavy atom. The molecule has 1 unspecified atom stereocenters. The Morgan fingerprint density at radius 1 is 1.35 bits per heavy atom. The minimum Gasteiger partial charge on any atom is -0.335 e. The Bertz CT molecular complexity index is 473. The molecule has 20 heavy (non-hydrogen) atoms. The fraction of sp³-hybridized carbons (Fsp3) is 0.533. The summed E-state index contributed by atoms with van der Waals surface area (Å²) in [6.07, 6.45) is 3.32. The van der Waals surface area contributed by atoms with E-state index < -0.39 is 0 Å². The second-order valence-corrected chi connectivity index (χ2v) is 6.43. The quantitative estimate of drug-likeness (QED) is 0.896. The highest BCUT2D eigenvalue weighted by Crippen LogP contribution is 2.31. The van der Waals surface area contributed by atoms with Crippen molar-refractivity contribution >= 4 is 34.2 Å². The summed E-state index contributed by atoms with van der Waals surface area (Å²) >= 11 is 3.49. The molecule has 2 aliphatic rings. The molecular weight excluding hydrogens is 340 g/mol. The average molecular weight is 360 g/mol. The molecule has 3 rings (SSSR count). The van der Waals surface area contributed by atoms with Crippen molar-refractivity contribution in [2.45, 2.75) is 31.8 Å². The molecule has 0 spiro atoms. The second-order valence-electron chi connectivity index (χ2n) is 5.52. The minimum absolute atomic E-state index is 0. The van der Waals surface area contributed by atoms with Gasteiger partial charge in [-0.2, -0.15) is 0 Å². The molecule has 1 saturated carbocycles. The van der Waals surface area contributed by atoms with E-state index >= 15 is 0 Å². The van der Waals surface area contributed by atoms with Gasteiger partial charge < -0.3 is 10.2 Å². The second kappa shape index (κ2) is 6.92. The number of hydrogen-bond donors (Lipinski definition) is 1. The summed E-state index contributed by atoms with van der Waals surface area (Å²) in [5.41, 5.74) is 1.21. The Kier molecular flexibility index (Phi) is 5.47. The van der Waals surface area contributed by atoms with Crippen LogP contribution in [0, 0.1) is 5.92 Å². The summed E-state index contributed by atoms with van der Waals surface area (Å²) in [5.74, 6) is 0.528. The van der Waals surface area contributed by atoms with Gasteiger partial charge in [-0.1, -0.05) is 28.1 Å². The summed E-state index contributed by atoms with van der Waals surface area (Å²) in [4.78, 5) is 14.7. The summed E-state index contributed by atoms with van der Waals surface area (Å²) in [5, 5.41) is 3.29. The van der Waals surface area contributed by atoms with Crippen LogP contribution in [-0.4, -0.2) is 29.9 Å². The van der Waals surface area contributed by atoms with Crippen LogP contribution >= 0.6 is 28.3 Å². The first kappa shape index (κ1) is 15.8. The van der Waals surface area contributed by atoms with Crippen LogP contribution in [0.15, 0.2) is 28.7 Å². The molecule has 0 bridgehead atoms. The number of nitrogens with one attached hydrogen (secondary N) is 1. The van der Waals surface area contributed by atoms with Crippen LogP contribution in [0.1, 0.15) is 24.8 Å². The maximum atomic E-state index is 12.6. The summed E-state index contributed by atoms with van der Waals surface area (Å²) in [6.45, 7) is 2.58. The van der Waals surface area contributed by atoms with Crippen molar-refractivity contribution in [3.05, 3.63) is 34.3 Å². The Labute approximate surface area is 134 Å². The topological polar surface area (TPSA) is 32.3 Å². The maximum Gasteiger partial charge on any atom is 0.227 e. The average Bonchev–Trinajstić information content (AvgIpc) is 3.09. The standard InChI is InChI=1S/C15H19BrN2O.ClH/c16-13-3-1-2-11(8-13)10-18(14-4-5-14)15(19)12-6-7-17-9-12;/h1-3,8,12,14,17H,4-7,9-10H2;1H. The first-order valence-corrected chi connectivity index (χ1v) is 7.79. The van der Waals surface area contributed by atoms with Crippen molar-refractivity contribution in [2.75, 3.05) is 13.1 Å². The number of amides is 1. The molecule has 1 amide bonds.